The Morgan fingerprint density at radius 2 is 1.60 bits per heavy atom. The highest BCUT2D eigenvalue weighted by atomic mass is 19.1. The molecule has 5 rings (SSSR count). The molecule has 6 nitrogen and oxygen atoms in total. The van der Waals surface area contributed by atoms with Crippen LogP contribution in [0, 0.1) is 18.6 Å². The zero-order valence-corrected chi connectivity index (χ0v) is 24.7. The lowest BCUT2D eigenvalue weighted by Gasteiger charge is -2.19. The Labute approximate surface area is 244 Å². The molecule has 0 saturated heterocycles. The van der Waals surface area contributed by atoms with Gasteiger partial charge in [-0.15, -0.1) is 0 Å². The van der Waals surface area contributed by atoms with Gasteiger partial charge in [0.05, 0.1) is 30.6 Å². The molecule has 0 amide bonds. The molecule has 0 radical (unpaired) electrons. The van der Waals surface area contributed by atoms with Crippen LogP contribution in [0.4, 0.5) is 8.78 Å². The minimum atomic E-state index is -0.388. The van der Waals surface area contributed by atoms with Gasteiger partial charge in [-0.3, -0.25) is 4.79 Å². The van der Waals surface area contributed by atoms with E-state index in [1.807, 2.05) is 41.8 Å². The number of halogens is 2. The van der Waals surface area contributed by atoms with Gasteiger partial charge >= 0.3 is 0 Å². The average molecular weight is 571 g/mol. The maximum atomic E-state index is 14.9. The summed E-state index contributed by atoms with van der Waals surface area (Å²) in [6.45, 7) is 9.08. The predicted octanol–water partition coefficient (Wildman–Crippen LogP) is 6.44. The van der Waals surface area contributed by atoms with E-state index in [1.165, 1.54) is 12.1 Å². The third-order valence-corrected chi connectivity index (χ3v) is 7.56. The fraction of sp³-hybridized carbons (Fsp3) is 0.294. The first-order valence-electron chi connectivity index (χ1n) is 14.1. The van der Waals surface area contributed by atoms with Gasteiger partial charge in [-0.1, -0.05) is 69.3 Å². The molecule has 8 heteroatoms. The molecule has 1 N–H and O–H groups in total. The topological polar surface area (TPSA) is 60.6 Å². The second-order valence-corrected chi connectivity index (χ2v) is 11.5. The number of rotatable bonds is 9. The molecule has 2 aromatic heterocycles. The van der Waals surface area contributed by atoms with E-state index in [-0.39, 0.29) is 29.2 Å². The molecule has 0 bridgehead atoms. The smallest absolute Gasteiger partial charge is 0.267 e. The Hall–Kier alpha value is -4.30. The van der Waals surface area contributed by atoms with Crippen molar-refractivity contribution in [3.05, 3.63) is 123 Å². The third kappa shape index (κ3) is 5.72. The maximum absolute atomic E-state index is 14.9. The zero-order chi connectivity index (χ0) is 30.0. The SMILES string of the molecule is COc1cccc(-c2c(C)n(Cc3ccccc3F)c3nc(C(C)(C)C)c(CNCCc4ccccc4F)n3c2=O)c1. The van der Waals surface area contributed by atoms with Crippen LogP contribution in [0.1, 0.15) is 49.0 Å². The van der Waals surface area contributed by atoms with Crippen molar-refractivity contribution in [1.29, 1.82) is 0 Å². The standard InChI is InChI=1S/C34H36F2N4O2/c1-22-30(24-13-10-14-26(19-24)42-5)32(41)40-29(20-37-18-17-23-11-6-8-15-27(23)35)31(34(2,3)4)38-33(40)39(22)21-25-12-7-9-16-28(25)36/h6-16,19,37H,17-18,20-21H2,1-5H3. The summed E-state index contributed by atoms with van der Waals surface area (Å²) in [7, 11) is 1.59. The van der Waals surface area contributed by atoms with Crippen LogP contribution in [0.15, 0.2) is 77.6 Å². The Morgan fingerprint density at radius 3 is 2.24 bits per heavy atom. The van der Waals surface area contributed by atoms with Gasteiger partial charge in [-0.25, -0.2) is 18.2 Å². The number of aromatic nitrogens is 3. The van der Waals surface area contributed by atoms with Crippen molar-refractivity contribution in [2.24, 2.45) is 0 Å². The quantitative estimate of drug-likeness (QED) is 0.207. The number of benzene rings is 3. The minimum absolute atomic E-state index is 0.194. The largest absolute Gasteiger partial charge is 0.497 e. The van der Waals surface area contributed by atoms with Crippen molar-refractivity contribution >= 4 is 5.78 Å². The molecule has 0 fully saturated rings. The van der Waals surface area contributed by atoms with E-state index in [0.717, 1.165) is 11.4 Å². The molecule has 0 atom stereocenters. The highest BCUT2D eigenvalue weighted by Gasteiger charge is 2.28. The Morgan fingerprint density at radius 1 is 0.929 bits per heavy atom. The molecule has 0 aliphatic rings. The number of hydrogen-bond acceptors (Lipinski definition) is 4. The molecular formula is C34H36F2N4O2. The molecule has 218 valence electrons. The summed E-state index contributed by atoms with van der Waals surface area (Å²) >= 11 is 0. The molecule has 42 heavy (non-hydrogen) atoms. The van der Waals surface area contributed by atoms with Gasteiger partial charge in [0.2, 0.25) is 5.78 Å². The lowest BCUT2D eigenvalue weighted by molar-refractivity contribution is 0.415. The lowest BCUT2D eigenvalue weighted by Crippen LogP contribution is -2.28. The molecule has 2 heterocycles. The van der Waals surface area contributed by atoms with E-state index in [2.05, 4.69) is 26.1 Å². The highest BCUT2D eigenvalue weighted by Crippen LogP contribution is 2.30. The minimum Gasteiger partial charge on any atom is -0.497 e. The fourth-order valence-electron chi connectivity index (χ4n) is 5.38. The van der Waals surface area contributed by atoms with Gasteiger partial charge in [-0.2, -0.15) is 0 Å². The first kappa shape index (κ1) is 29.2. The van der Waals surface area contributed by atoms with Crippen LogP contribution in [-0.2, 0) is 24.9 Å². The molecule has 0 aliphatic heterocycles. The summed E-state index contributed by atoms with van der Waals surface area (Å²) in [6, 6.07) is 20.7. The van der Waals surface area contributed by atoms with Gasteiger partial charge in [0.25, 0.3) is 5.56 Å². The molecule has 3 aromatic carbocycles. The van der Waals surface area contributed by atoms with Crippen LogP contribution in [-0.4, -0.2) is 27.6 Å². The van der Waals surface area contributed by atoms with Gasteiger partial charge in [0.1, 0.15) is 17.4 Å². The molecule has 0 spiro atoms. The number of methoxy groups -OCH3 is 1. The third-order valence-electron chi connectivity index (χ3n) is 7.56. The summed E-state index contributed by atoms with van der Waals surface area (Å²) < 4.78 is 38.1. The van der Waals surface area contributed by atoms with Crippen LogP contribution in [0.3, 0.4) is 0 Å². The number of imidazole rings is 1. The first-order chi connectivity index (χ1) is 20.1. The molecule has 0 aliphatic carbocycles. The van der Waals surface area contributed by atoms with Crippen LogP contribution < -0.4 is 15.6 Å². The second kappa shape index (κ2) is 11.9. The summed E-state index contributed by atoms with van der Waals surface area (Å²) in [4.78, 5) is 19.4. The van der Waals surface area contributed by atoms with Crippen molar-refractivity contribution in [3.8, 4) is 16.9 Å². The van der Waals surface area contributed by atoms with E-state index in [1.54, 1.807) is 41.8 Å². The van der Waals surface area contributed by atoms with Gasteiger partial charge in [-0.05, 0) is 55.3 Å². The van der Waals surface area contributed by atoms with Crippen LogP contribution >= 0.6 is 0 Å². The lowest BCUT2D eigenvalue weighted by atomic mass is 9.90. The van der Waals surface area contributed by atoms with Crippen LogP contribution in [0.2, 0.25) is 0 Å². The van der Waals surface area contributed by atoms with Crippen molar-refractivity contribution in [2.45, 2.75) is 52.6 Å². The van der Waals surface area contributed by atoms with Crippen molar-refractivity contribution in [1.82, 2.24) is 19.3 Å². The Kier molecular flexibility index (Phi) is 8.27. The summed E-state index contributed by atoms with van der Waals surface area (Å²) in [5.41, 5.74) is 3.87. The molecule has 0 saturated carbocycles. The van der Waals surface area contributed by atoms with E-state index in [4.69, 9.17) is 9.72 Å². The van der Waals surface area contributed by atoms with Crippen molar-refractivity contribution in [3.63, 3.8) is 0 Å². The highest BCUT2D eigenvalue weighted by molar-refractivity contribution is 5.68. The average Bonchev–Trinajstić information content (AvgIpc) is 3.36. The van der Waals surface area contributed by atoms with Gasteiger partial charge < -0.3 is 14.6 Å². The van der Waals surface area contributed by atoms with Crippen molar-refractivity contribution in [2.75, 3.05) is 13.7 Å². The predicted molar refractivity (Wildman–Crippen MR) is 162 cm³/mol. The number of fused-ring (bicyclic) bond motifs is 1. The van der Waals surface area contributed by atoms with E-state index >= 15 is 0 Å². The summed E-state index contributed by atoms with van der Waals surface area (Å²) in [5.74, 6) is 0.513. The first-order valence-corrected chi connectivity index (χ1v) is 14.1. The maximum Gasteiger partial charge on any atom is 0.267 e. The zero-order valence-electron chi connectivity index (χ0n) is 24.7. The molecular weight excluding hydrogens is 534 g/mol. The second-order valence-electron chi connectivity index (χ2n) is 11.5. The van der Waals surface area contributed by atoms with Gasteiger partial charge in [0, 0.05) is 23.2 Å². The normalized spacial score (nSPS) is 11.8. The Balaban J connectivity index is 1.69. The van der Waals surface area contributed by atoms with E-state index in [9.17, 15) is 13.6 Å². The summed E-state index contributed by atoms with van der Waals surface area (Å²) in [5, 5.41) is 3.41. The molecule has 0 unspecified atom stereocenters. The van der Waals surface area contributed by atoms with E-state index in [0.29, 0.717) is 59.0 Å². The number of ether oxygens (including phenoxy) is 1. The molecule has 5 aromatic rings. The van der Waals surface area contributed by atoms with E-state index < -0.39 is 0 Å². The Bertz CT molecular complexity index is 1800. The summed E-state index contributed by atoms with van der Waals surface area (Å²) in [6.07, 6.45) is 0.500. The fourth-order valence-corrected chi connectivity index (χ4v) is 5.38. The number of nitrogens with zero attached hydrogens (tertiary/aromatic N) is 3. The van der Waals surface area contributed by atoms with Crippen LogP contribution in [0.5, 0.6) is 5.75 Å². The van der Waals surface area contributed by atoms with Crippen molar-refractivity contribution < 1.29 is 13.5 Å². The number of nitrogens with one attached hydrogen (secondary N) is 1. The van der Waals surface area contributed by atoms with Crippen LogP contribution in [0.25, 0.3) is 16.9 Å². The van der Waals surface area contributed by atoms with Gasteiger partial charge in [0.15, 0.2) is 0 Å². The monoisotopic (exact) mass is 570 g/mol. The number of hydrogen-bond donors (Lipinski definition) is 1.